The number of hydrogen-bond donors (Lipinski definition) is 0. The highest BCUT2D eigenvalue weighted by Gasteiger charge is 2.19. The van der Waals surface area contributed by atoms with Crippen LogP contribution in [-0.2, 0) is 4.79 Å². The highest BCUT2D eigenvalue weighted by molar-refractivity contribution is 8.14. The Hall–Kier alpha value is -2.01. The summed E-state index contributed by atoms with van der Waals surface area (Å²) in [4.78, 5) is 18.6. The van der Waals surface area contributed by atoms with Gasteiger partial charge in [0.05, 0.1) is 19.1 Å². The number of ether oxygens (including phenoxy) is 1. The number of carbonyl (C=O) groups excluding carboxylic acids is 1. The number of thioether (sulfide) groups is 1. The molecule has 4 nitrogen and oxygen atoms in total. The molecule has 1 aromatic rings. The van der Waals surface area contributed by atoms with Gasteiger partial charge in [-0.25, -0.2) is 0 Å². The Balaban J connectivity index is 2.17. The minimum atomic E-state index is 0.0539. The number of benzene rings is 1. The van der Waals surface area contributed by atoms with Gasteiger partial charge in [-0.1, -0.05) is 17.8 Å². The second-order valence-corrected chi connectivity index (χ2v) is 5.88. The number of amides is 1. The molecule has 0 spiro atoms. The van der Waals surface area contributed by atoms with Gasteiger partial charge in [-0.15, -0.1) is 0 Å². The molecule has 1 aliphatic rings. The topological polar surface area (TPSA) is 41.9 Å². The number of carbonyl (C=O) groups is 1. The molecule has 0 fully saturated rings. The first-order valence-corrected chi connectivity index (χ1v) is 8.05. The number of allylic oxidation sites excluding steroid dienone is 1. The maximum atomic E-state index is 12.7. The molecule has 1 heterocycles. The Bertz CT molecular complexity index is 604. The predicted molar refractivity (Wildman–Crippen MR) is 93.5 cm³/mol. The molecule has 5 heteroatoms. The summed E-state index contributed by atoms with van der Waals surface area (Å²) < 4.78 is 5.17. The average molecular weight is 316 g/mol. The van der Waals surface area contributed by atoms with Crippen molar-refractivity contribution < 1.29 is 9.53 Å². The molecule has 0 aliphatic carbocycles. The van der Waals surface area contributed by atoms with E-state index in [9.17, 15) is 4.79 Å². The third-order valence-electron chi connectivity index (χ3n) is 3.21. The first-order chi connectivity index (χ1) is 10.6. The molecule has 116 valence electrons. The number of methoxy groups -OCH3 is 1. The van der Waals surface area contributed by atoms with Crippen LogP contribution in [0.1, 0.15) is 20.3 Å². The molecule has 0 aromatic heterocycles. The van der Waals surface area contributed by atoms with E-state index in [2.05, 4.69) is 4.99 Å². The minimum Gasteiger partial charge on any atom is -0.497 e. The molecular weight excluding hydrogens is 296 g/mol. The van der Waals surface area contributed by atoms with E-state index in [1.807, 2.05) is 49.6 Å². The Kier molecular flexibility index (Phi) is 5.83. The fraction of sp³-hybridized carbons (Fsp3) is 0.294. The summed E-state index contributed by atoms with van der Waals surface area (Å²) in [6, 6.07) is 7.62. The Morgan fingerprint density at radius 1 is 1.32 bits per heavy atom. The standard InChI is InChI=1S/C17H20N2O2S/c1-13(2)19(15-4-6-16(21-3)7-5-15)17(20)10-14-8-9-22-12-18-11-14/h4-9,11-13H,10H2,1-3H3. The van der Waals surface area contributed by atoms with Crippen molar-refractivity contribution in [1.29, 1.82) is 0 Å². The normalized spacial score (nSPS) is 13.7. The van der Waals surface area contributed by atoms with E-state index < -0.39 is 0 Å². The fourth-order valence-electron chi connectivity index (χ4n) is 2.20. The Labute approximate surface area is 135 Å². The summed E-state index contributed by atoms with van der Waals surface area (Å²) in [7, 11) is 1.63. The summed E-state index contributed by atoms with van der Waals surface area (Å²) in [6.07, 6.45) is 4.00. The third kappa shape index (κ3) is 4.24. The predicted octanol–water partition coefficient (Wildman–Crippen LogP) is 4.00. The second-order valence-electron chi connectivity index (χ2n) is 5.13. The van der Waals surface area contributed by atoms with Crippen molar-refractivity contribution in [2.45, 2.75) is 26.3 Å². The van der Waals surface area contributed by atoms with Crippen molar-refractivity contribution in [3.63, 3.8) is 0 Å². The first-order valence-electron chi connectivity index (χ1n) is 7.10. The second kappa shape index (κ2) is 7.84. The quantitative estimate of drug-likeness (QED) is 0.824. The van der Waals surface area contributed by atoms with Gasteiger partial charge in [0.2, 0.25) is 5.91 Å². The monoisotopic (exact) mass is 316 g/mol. The van der Waals surface area contributed by atoms with Gasteiger partial charge < -0.3 is 9.64 Å². The van der Waals surface area contributed by atoms with Crippen LogP contribution in [0.15, 0.2) is 52.5 Å². The van der Waals surface area contributed by atoms with E-state index in [4.69, 9.17) is 4.74 Å². The Morgan fingerprint density at radius 2 is 2.05 bits per heavy atom. The van der Waals surface area contributed by atoms with E-state index >= 15 is 0 Å². The minimum absolute atomic E-state index is 0.0539. The van der Waals surface area contributed by atoms with Gasteiger partial charge in [0, 0.05) is 17.9 Å². The molecule has 0 bridgehead atoms. The molecule has 2 rings (SSSR count). The van der Waals surface area contributed by atoms with Gasteiger partial charge in [-0.3, -0.25) is 9.79 Å². The maximum absolute atomic E-state index is 12.7. The summed E-state index contributed by atoms with van der Waals surface area (Å²) >= 11 is 1.50. The van der Waals surface area contributed by atoms with Gasteiger partial charge in [0.15, 0.2) is 0 Å². The number of anilines is 1. The van der Waals surface area contributed by atoms with Crippen molar-refractivity contribution in [3.05, 3.63) is 47.5 Å². The summed E-state index contributed by atoms with van der Waals surface area (Å²) in [5, 5.41) is 1.93. The first kappa shape index (κ1) is 16.4. The largest absolute Gasteiger partial charge is 0.497 e. The highest BCUT2D eigenvalue weighted by Crippen LogP contribution is 2.23. The van der Waals surface area contributed by atoms with E-state index in [0.29, 0.717) is 6.42 Å². The zero-order valence-corrected chi connectivity index (χ0v) is 13.8. The number of hydrogen-bond acceptors (Lipinski definition) is 4. The van der Waals surface area contributed by atoms with Crippen LogP contribution in [0.5, 0.6) is 5.75 Å². The van der Waals surface area contributed by atoms with Gasteiger partial charge in [-0.2, -0.15) is 0 Å². The van der Waals surface area contributed by atoms with Crippen LogP contribution in [0.2, 0.25) is 0 Å². The Morgan fingerprint density at radius 3 is 2.68 bits per heavy atom. The lowest BCUT2D eigenvalue weighted by molar-refractivity contribution is -0.118. The molecule has 1 amide bonds. The highest BCUT2D eigenvalue weighted by atomic mass is 32.2. The zero-order valence-electron chi connectivity index (χ0n) is 13.0. The van der Waals surface area contributed by atoms with Crippen LogP contribution in [0.3, 0.4) is 0 Å². The van der Waals surface area contributed by atoms with Gasteiger partial charge >= 0.3 is 0 Å². The lowest BCUT2D eigenvalue weighted by atomic mass is 10.1. The smallest absolute Gasteiger partial charge is 0.231 e. The lowest BCUT2D eigenvalue weighted by Gasteiger charge is -2.27. The number of nitrogens with zero attached hydrogens (tertiary/aromatic N) is 2. The van der Waals surface area contributed by atoms with Crippen molar-refractivity contribution in [3.8, 4) is 5.75 Å². The third-order valence-corrected chi connectivity index (χ3v) is 3.75. The van der Waals surface area contributed by atoms with Crippen LogP contribution < -0.4 is 9.64 Å². The molecule has 0 unspecified atom stereocenters. The molecular formula is C17H20N2O2S. The zero-order chi connectivity index (χ0) is 15.9. The van der Waals surface area contributed by atoms with Crippen LogP contribution in [0, 0.1) is 0 Å². The van der Waals surface area contributed by atoms with Crippen molar-refractivity contribution in [2.75, 3.05) is 12.0 Å². The molecule has 1 aliphatic heterocycles. The molecule has 22 heavy (non-hydrogen) atoms. The van der Waals surface area contributed by atoms with Gasteiger partial charge in [0.1, 0.15) is 5.75 Å². The van der Waals surface area contributed by atoms with Gasteiger partial charge in [-0.05, 0) is 49.1 Å². The fourth-order valence-corrected chi connectivity index (χ4v) is 2.66. The summed E-state index contributed by atoms with van der Waals surface area (Å²) in [5.41, 5.74) is 3.53. The molecule has 0 N–H and O–H groups in total. The molecule has 0 radical (unpaired) electrons. The lowest BCUT2D eigenvalue weighted by Crippen LogP contribution is -2.37. The van der Waals surface area contributed by atoms with Crippen molar-refractivity contribution in [2.24, 2.45) is 4.99 Å². The van der Waals surface area contributed by atoms with Crippen LogP contribution in [-0.4, -0.2) is 24.6 Å². The summed E-state index contributed by atoms with van der Waals surface area (Å²) in [6.45, 7) is 4.01. The maximum Gasteiger partial charge on any atom is 0.231 e. The molecule has 0 atom stereocenters. The SMILES string of the molecule is COc1ccc(N(C(=O)CC2=CN=CSC=C2)C(C)C)cc1. The number of aliphatic imine (C=N–C) groups is 1. The van der Waals surface area contributed by atoms with E-state index in [1.54, 1.807) is 23.8 Å². The average Bonchev–Trinajstić information content (AvgIpc) is 2.76. The molecule has 0 saturated carbocycles. The molecule has 1 aromatic carbocycles. The van der Waals surface area contributed by atoms with Crippen LogP contribution in [0.25, 0.3) is 0 Å². The van der Waals surface area contributed by atoms with E-state index in [0.717, 1.165) is 17.0 Å². The van der Waals surface area contributed by atoms with Crippen molar-refractivity contribution in [1.82, 2.24) is 0 Å². The van der Waals surface area contributed by atoms with Crippen LogP contribution in [0.4, 0.5) is 5.69 Å². The van der Waals surface area contributed by atoms with E-state index in [1.165, 1.54) is 11.8 Å². The van der Waals surface area contributed by atoms with E-state index in [-0.39, 0.29) is 11.9 Å². The van der Waals surface area contributed by atoms with Crippen LogP contribution >= 0.6 is 11.8 Å². The molecule has 0 saturated heterocycles. The van der Waals surface area contributed by atoms with Crippen molar-refractivity contribution >= 4 is 28.9 Å². The number of rotatable bonds is 5. The van der Waals surface area contributed by atoms with Gasteiger partial charge in [0.25, 0.3) is 0 Å². The summed E-state index contributed by atoms with van der Waals surface area (Å²) in [5.74, 6) is 0.832.